The summed E-state index contributed by atoms with van der Waals surface area (Å²) in [4.78, 5) is 11.9. The second kappa shape index (κ2) is 4.04. The lowest BCUT2D eigenvalue weighted by molar-refractivity contribution is 0.475. The highest BCUT2D eigenvalue weighted by Crippen LogP contribution is 2.25. The molecular weight excluding hydrogens is 228 g/mol. The third-order valence-electron chi connectivity index (χ3n) is 2.83. The fraction of sp³-hybridized carbons (Fsp3) is 0. The Bertz CT molecular complexity index is 758. The summed E-state index contributed by atoms with van der Waals surface area (Å²) < 4.78 is 5.24. The van der Waals surface area contributed by atoms with E-state index in [1.54, 1.807) is 18.2 Å². The first-order valence-electron chi connectivity index (χ1n) is 5.57. The van der Waals surface area contributed by atoms with Crippen LogP contribution in [0, 0.1) is 0 Å². The Morgan fingerprint density at radius 2 is 1.72 bits per heavy atom. The number of hydrogen-bond donors (Lipinski definition) is 1. The predicted molar refractivity (Wildman–Crippen MR) is 69.6 cm³/mol. The van der Waals surface area contributed by atoms with Gasteiger partial charge in [0.1, 0.15) is 16.9 Å². The van der Waals surface area contributed by atoms with Gasteiger partial charge < -0.3 is 9.52 Å². The van der Waals surface area contributed by atoms with Gasteiger partial charge in [0.2, 0.25) is 0 Å². The number of benzene rings is 2. The largest absolute Gasteiger partial charge is 0.507 e. The molecule has 1 N–H and O–H groups in total. The molecule has 0 fully saturated rings. The Kier molecular flexibility index (Phi) is 2.38. The molecule has 0 bridgehead atoms. The normalized spacial score (nSPS) is 10.7. The number of rotatable bonds is 1. The zero-order chi connectivity index (χ0) is 12.5. The van der Waals surface area contributed by atoms with Crippen molar-refractivity contribution < 1.29 is 9.52 Å². The Hall–Kier alpha value is -2.55. The number of hydrogen-bond acceptors (Lipinski definition) is 3. The Morgan fingerprint density at radius 1 is 0.944 bits per heavy atom. The summed E-state index contributed by atoms with van der Waals surface area (Å²) >= 11 is 0. The molecule has 0 unspecified atom stereocenters. The molecule has 18 heavy (non-hydrogen) atoms. The van der Waals surface area contributed by atoms with Gasteiger partial charge in [0.05, 0.1) is 0 Å². The highest BCUT2D eigenvalue weighted by atomic mass is 16.4. The molecule has 0 radical (unpaired) electrons. The fourth-order valence-corrected chi connectivity index (χ4v) is 1.97. The first-order valence-corrected chi connectivity index (χ1v) is 5.57. The SMILES string of the molecule is O=c1oc(-c2ccccc2)cc2cccc(O)c12. The van der Waals surface area contributed by atoms with E-state index < -0.39 is 5.63 Å². The summed E-state index contributed by atoms with van der Waals surface area (Å²) in [6.07, 6.45) is 0. The molecule has 0 saturated heterocycles. The van der Waals surface area contributed by atoms with E-state index >= 15 is 0 Å². The molecule has 3 rings (SSSR count). The molecule has 0 saturated carbocycles. The van der Waals surface area contributed by atoms with Crippen LogP contribution < -0.4 is 5.63 Å². The average molecular weight is 238 g/mol. The lowest BCUT2D eigenvalue weighted by atomic mass is 10.1. The number of aromatic hydroxyl groups is 1. The van der Waals surface area contributed by atoms with E-state index in [0.717, 1.165) is 5.56 Å². The van der Waals surface area contributed by atoms with Gasteiger partial charge in [-0.3, -0.25) is 0 Å². The molecule has 3 nitrogen and oxygen atoms in total. The average Bonchev–Trinajstić information content (AvgIpc) is 2.39. The fourth-order valence-electron chi connectivity index (χ4n) is 1.97. The quantitative estimate of drug-likeness (QED) is 0.708. The standard InChI is InChI=1S/C15H10O3/c16-12-8-4-7-11-9-13(18-15(17)14(11)12)10-5-2-1-3-6-10/h1-9,16H. The topological polar surface area (TPSA) is 50.4 Å². The van der Waals surface area contributed by atoms with E-state index in [4.69, 9.17) is 4.42 Å². The third-order valence-corrected chi connectivity index (χ3v) is 2.83. The summed E-state index contributed by atoms with van der Waals surface area (Å²) in [5.74, 6) is 0.444. The van der Waals surface area contributed by atoms with Crippen LogP contribution in [0.3, 0.4) is 0 Å². The molecule has 1 aromatic heterocycles. The molecule has 88 valence electrons. The molecule has 3 heteroatoms. The lowest BCUT2D eigenvalue weighted by Gasteiger charge is -2.03. The maximum absolute atomic E-state index is 11.9. The van der Waals surface area contributed by atoms with E-state index in [2.05, 4.69) is 0 Å². The van der Waals surface area contributed by atoms with Crippen LogP contribution in [-0.2, 0) is 0 Å². The molecule has 0 aliphatic heterocycles. The van der Waals surface area contributed by atoms with Crippen molar-refractivity contribution in [2.75, 3.05) is 0 Å². The van der Waals surface area contributed by atoms with Crippen molar-refractivity contribution in [3.05, 3.63) is 65.0 Å². The molecule has 0 atom stereocenters. The minimum atomic E-state index is -0.524. The predicted octanol–water partition coefficient (Wildman–Crippen LogP) is 3.17. The molecule has 0 aliphatic carbocycles. The summed E-state index contributed by atoms with van der Waals surface area (Å²) in [6.45, 7) is 0. The molecular formula is C15H10O3. The van der Waals surface area contributed by atoms with E-state index in [1.165, 1.54) is 6.07 Å². The van der Waals surface area contributed by atoms with Crippen LogP contribution in [0.5, 0.6) is 5.75 Å². The first kappa shape index (κ1) is 10.6. The van der Waals surface area contributed by atoms with Gasteiger partial charge in [0, 0.05) is 5.56 Å². The van der Waals surface area contributed by atoms with Crippen LogP contribution in [0.4, 0.5) is 0 Å². The smallest absolute Gasteiger partial charge is 0.347 e. The lowest BCUT2D eigenvalue weighted by Crippen LogP contribution is -2.00. The van der Waals surface area contributed by atoms with Crippen LogP contribution in [0.2, 0.25) is 0 Å². The van der Waals surface area contributed by atoms with Crippen LogP contribution in [0.1, 0.15) is 0 Å². The van der Waals surface area contributed by atoms with Gasteiger partial charge in [-0.05, 0) is 17.5 Å². The summed E-state index contributed by atoms with van der Waals surface area (Å²) in [7, 11) is 0. The van der Waals surface area contributed by atoms with Crippen molar-refractivity contribution in [1.29, 1.82) is 0 Å². The first-order chi connectivity index (χ1) is 8.75. The van der Waals surface area contributed by atoms with E-state index in [-0.39, 0.29) is 11.1 Å². The minimum absolute atomic E-state index is 0.0548. The van der Waals surface area contributed by atoms with Crippen molar-refractivity contribution in [2.45, 2.75) is 0 Å². The van der Waals surface area contributed by atoms with Gasteiger partial charge in [-0.2, -0.15) is 0 Å². The van der Waals surface area contributed by atoms with E-state index in [1.807, 2.05) is 30.3 Å². The van der Waals surface area contributed by atoms with Gasteiger partial charge in [0.15, 0.2) is 0 Å². The van der Waals surface area contributed by atoms with Gasteiger partial charge in [0.25, 0.3) is 0 Å². The summed E-state index contributed by atoms with van der Waals surface area (Å²) in [5.41, 5.74) is 0.310. The number of phenolic OH excluding ortho intramolecular Hbond substituents is 1. The summed E-state index contributed by atoms with van der Waals surface area (Å²) in [5, 5.41) is 10.5. The number of fused-ring (bicyclic) bond motifs is 1. The number of phenols is 1. The Balaban J connectivity index is 2.33. The minimum Gasteiger partial charge on any atom is -0.507 e. The zero-order valence-electron chi connectivity index (χ0n) is 9.46. The summed E-state index contributed by atoms with van der Waals surface area (Å²) in [6, 6.07) is 16.1. The van der Waals surface area contributed by atoms with Crippen molar-refractivity contribution in [2.24, 2.45) is 0 Å². The van der Waals surface area contributed by atoms with Gasteiger partial charge in [-0.25, -0.2) is 4.79 Å². The van der Waals surface area contributed by atoms with Crippen LogP contribution in [0.15, 0.2) is 63.8 Å². The Morgan fingerprint density at radius 3 is 2.50 bits per heavy atom. The molecule has 0 aliphatic rings. The van der Waals surface area contributed by atoms with Crippen LogP contribution in [-0.4, -0.2) is 5.11 Å². The maximum Gasteiger partial charge on any atom is 0.347 e. The highest BCUT2D eigenvalue weighted by molar-refractivity contribution is 5.88. The second-order valence-electron chi connectivity index (χ2n) is 4.01. The molecule has 1 heterocycles. The highest BCUT2D eigenvalue weighted by Gasteiger charge is 2.09. The van der Waals surface area contributed by atoms with Crippen LogP contribution >= 0.6 is 0 Å². The third kappa shape index (κ3) is 1.66. The zero-order valence-corrected chi connectivity index (χ0v) is 9.46. The van der Waals surface area contributed by atoms with E-state index in [9.17, 15) is 9.90 Å². The molecule has 0 amide bonds. The van der Waals surface area contributed by atoms with Gasteiger partial charge >= 0.3 is 5.63 Å². The molecule has 3 aromatic rings. The van der Waals surface area contributed by atoms with Crippen molar-refractivity contribution in [1.82, 2.24) is 0 Å². The van der Waals surface area contributed by atoms with Gasteiger partial charge in [-0.15, -0.1) is 0 Å². The molecule has 2 aromatic carbocycles. The monoisotopic (exact) mass is 238 g/mol. The van der Waals surface area contributed by atoms with Crippen molar-refractivity contribution in [3.63, 3.8) is 0 Å². The van der Waals surface area contributed by atoms with Crippen molar-refractivity contribution >= 4 is 10.8 Å². The second-order valence-corrected chi connectivity index (χ2v) is 4.01. The molecule has 0 spiro atoms. The van der Waals surface area contributed by atoms with E-state index in [0.29, 0.717) is 11.1 Å². The van der Waals surface area contributed by atoms with Gasteiger partial charge in [-0.1, -0.05) is 42.5 Å². The maximum atomic E-state index is 11.9. The van der Waals surface area contributed by atoms with Crippen LogP contribution in [0.25, 0.3) is 22.1 Å². The van der Waals surface area contributed by atoms with Crippen molar-refractivity contribution in [3.8, 4) is 17.1 Å². The Labute approximate surface area is 103 Å².